The van der Waals surface area contributed by atoms with Gasteiger partial charge in [0.15, 0.2) is 14.9 Å². The van der Waals surface area contributed by atoms with Gasteiger partial charge in [0.2, 0.25) is 0 Å². The van der Waals surface area contributed by atoms with Crippen molar-refractivity contribution >= 4 is 48.8 Å². The van der Waals surface area contributed by atoms with E-state index >= 15 is 0 Å². The fraction of sp³-hybridized carbons (Fsp3) is 0.125. The standard InChI is InChI=1S/C8H9BrN2O2S2/c1-15(12,13)5-2-3-7(6(9)4-5)11-8(10)14/h2-4H,1H3,(H3,10,11,14). The second-order valence-electron chi connectivity index (χ2n) is 2.90. The molecule has 1 rings (SSSR count). The molecular weight excluding hydrogens is 300 g/mol. The first-order chi connectivity index (χ1) is 6.80. The molecule has 0 heterocycles. The van der Waals surface area contributed by atoms with Crippen LogP contribution in [0, 0.1) is 0 Å². The van der Waals surface area contributed by atoms with Gasteiger partial charge in [-0.15, -0.1) is 0 Å². The van der Waals surface area contributed by atoms with E-state index in [1.807, 2.05) is 0 Å². The molecule has 0 unspecified atom stereocenters. The lowest BCUT2D eigenvalue weighted by atomic mass is 10.3. The van der Waals surface area contributed by atoms with Crippen molar-refractivity contribution < 1.29 is 8.42 Å². The van der Waals surface area contributed by atoms with E-state index in [0.717, 1.165) is 6.26 Å². The van der Waals surface area contributed by atoms with Crippen molar-refractivity contribution in [3.8, 4) is 0 Å². The maximum Gasteiger partial charge on any atom is 0.175 e. The van der Waals surface area contributed by atoms with Gasteiger partial charge in [0.05, 0.1) is 10.6 Å². The highest BCUT2D eigenvalue weighted by Gasteiger charge is 2.09. The minimum atomic E-state index is -3.19. The molecule has 3 N–H and O–H groups in total. The number of hydrogen-bond donors (Lipinski definition) is 2. The minimum Gasteiger partial charge on any atom is -0.376 e. The van der Waals surface area contributed by atoms with Crippen LogP contribution in [0.3, 0.4) is 0 Å². The van der Waals surface area contributed by atoms with Crippen molar-refractivity contribution in [1.82, 2.24) is 0 Å². The SMILES string of the molecule is CS(=O)(=O)c1ccc(NC(N)=S)c(Br)c1. The smallest absolute Gasteiger partial charge is 0.175 e. The van der Waals surface area contributed by atoms with Crippen LogP contribution in [-0.4, -0.2) is 19.8 Å². The minimum absolute atomic E-state index is 0.128. The van der Waals surface area contributed by atoms with Gasteiger partial charge < -0.3 is 11.1 Å². The van der Waals surface area contributed by atoms with E-state index in [-0.39, 0.29) is 10.0 Å². The molecule has 1 aromatic rings. The van der Waals surface area contributed by atoms with Crippen LogP contribution < -0.4 is 11.1 Å². The first-order valence-electron chi connectivity index (χ1n) is 3.87. The Balaban J connectivity index is 3.15. The number of thiocarbonyl (C=S) groups is 1. The molecule has 15 heavy (non-hydrogen) atoms. The van der Waals surface area contributed by atoms with E-state index < -0.39 is 9.84 Å². The highest BCUT2D eigenvalue weighted by atomic mass is 79.9. The van der Waals surface area contributed by atoms with E-state index in [1.165, 1.54) is 12.1 Å². The van der Waals surface area contributed by atoms with Crippen molar-refractivity contribution in [1.29, 1.82) is 0 Å². The molecule has 1 aromatic carbocycles. The Morgan fingerprint density at radius 3 is 2.53 bits per heavy atom. The number of sulfone groups is 1. The lowest BCUT2D eigenvalue weighted by Gasteiger charge is -2.07. The van der Waals surface area contributed by atoms with Gasteiger partial charge >= 0.3 is 0 Å². The summed E-state index contributed by atoms with van der Waals surface area (Å²) in [6, 6.07) is 4.58. The largest absolute Gasteiger partial charge is 0.376 e. The quantitative estimate of drug-likeness (QED) is 0.810. The van der Waals surface area contributed by atoms with Crippen LogP contribution >= 0.6 is 28.1 Å². The molecule has 4 nitrogen and oxygen atoms in total. The monoisotopic (exact) mass is 308 g/mol. The van der Waals surface area contributed by atoms with Gasteiger partial charge in [-0.05, 0) is 46.3 Å². The predicted octanol–water partition coefficient (Wildman–Crippen LogP) is 1.51. The van der Waals surface area contributed by atoms with Crippen LogP contribution in [0.15, 0.2) is 27.6 Å². The normalized spacial score (nSPS) is 11.1. The molecule has 0 fully saturated rings. The first kappa shape index (κ1) is 12.4. The zero-order chi connectivity index (χ0) is 11.6. The molecule has 0 bridgehead atoms. The molecule has 0 aliphatic rings. The van der Waals surface area contributed by atoms with Crippen molar-refractivity contribution in [2.24, 2.45) is 5.73 Å². The van der Waals surface area contributed by atoms with E-state index in [2.05, 4.69) is 33.5 Å². The maximum absolute atomic E-state index is 11.2. The molecule has 0 atom stereocenters. The van der Waals surface area contributed by atoms with Crippen molar-refractivity contribution in [2.75, 3.05) is 11.6 Å². The summed E-state index contributed by atoms with van der Waals surface area (Å²) in [4.78, 5) is 0.239. The Labute approximate surface area is 102 Å². The zero-order valence-corrected chi connectivity index (χ0v) is 11.0. The lowest BCUT2D eigenvalue weighted by molar-refractivity contribution is 0.602. The summed E-state index contributed by atoms with van der Waals surface area (Å²) in [5.41, 5.74) is 5.93. The van der Waals surface area contributed by atoms with Crippen LogP contribution in [-0.2, 0) is 9.84 Å². The molecule has 0 radical (unpaired) electrons. The molecule has 0 aliphatic heterocycles. The Morgan fingerprint density at radius 1 is 1.53 bits per heavy atom. The third-order valence-electron chi connectivity index (χ3n) is 1.63. The Kier molecular flexibility index (Phi) is 3.69. The van der Waals surface area contributed by atoms with Crippen LogP contribution in [0.2, 0.25) is 0 Å². The second-order valence-corrected chi connectivity index (χ2v) is 6.21. The van der Waals surface area contributed by atoms with Gasteiger partial charge in [0.1, 0.15) is 0 Å². The zero-order valence-electron chi connectivity index (χ0n) is 7.82. The average Bonchev–Trinajstić information content (AvgIpc) is 2.05. The lowest BCUT2D eigenvalue weighted by Crippen LogP contribution is -2.19. The fourth-order valence-corrected chi connectivity index (χ4v) is 2.35. The van der Waals surface area contributed by atoms with Crippen LogP contribution in [0.4, 0.5) is 5.69 Å². The van der Waals surface area contributed by atoms with Crippen molar-refractivity contribution in [3.63, 3.8) is 0 Å². The molecule has 0 saturated heterocycles. The van der Waals surface area contributed by atoms with Gasteiger partial charge in [0.25, 0.3) is 0 Å². The van der Waals surface area contributed by atoms with E-state index in [1.54, 1.807) is 6.07 Å². The Bertz CT molecular complexity index is 499. The van der Waals surface area contributed by atoms with Gasteiger partial charge in [-0.3, -0.25) is 0 Å². The second kappa shape index (κ2) is 4.46. The van der Waals surface area contributed by atoms with E-state index in [0.29, 0.717) is 10.2 Å². The van der Waals surface area contributed by atoms with Gasteiger partial charge in [-0.1, -0.05) is 0 Å². The summed E-state index contributed by atoms with van der Waals surface area (Å²) in [5.74, 6) is 0. The average molecular weight is 309 g/mol. The number of rotatable bonds is 2. The molecule has 7 heteroatoms. The Hall–Kier alpha value is -0.660. The molecule has 0 saturated carbocycles. The van der Waals surface area contributed by atoms with Gasteiger partial charge in [-0.25, -0.2) is 8.42 Å². The summed E-state index contributed by atoms with van der Waals surface area (Å²) in [6.45, 7) is 0. The first-order valence-corrected chi connectivity index (χ1v) is 6.96. The molecule has 82 valence electrons. The highest BCUT2D eigenvalue weighted by molar-refractivity contribution is 9.10. The summed E-state index contributed by atoms with van der Waals surface area (Å²) in [6.07, 6.45) is 1.15. The molecule has 0 aliphatic carbocycles. The van der Waals surface area contributed by atoms with E-state index in [9.17, 15) is 8.42 Å². The maximum atomic E-state index is 11.2. The summed E-state index contributed by atoms with van der Waals surface area (Å²) < 4.78 is 23.0. The fourth-order valence-electron chi connectivity index (χ4n) is 0.961. The highest BCUT2D eigenvalue weighted by Crippen LogP contribution is 2.25. The third-order valence-corrected chi connectivity index (χ3v) is 3.49. The van der Waals surface area contributed by atoms with Crippen molar-refractivity contribution in [3.05, 3.63) is 22.7 Å². The number of benzene rings is 1. The topological polar surface area (TPSA) is 72.2 Å². The van der Waals surface area contributed by atoms with Gasteiger partial charge in [0, 0.05) is 10.7 Å². The molecule has 0 aromatic heterocycles. The number of nitrogens with one attached hydrogen (secondary N) is 1. The summed E-state index contributed by atoms with van der Waals surface area (Å²) in [7, 11) is -3.19. The summed E-state index contributed by atoms with van der Waals surface area (Å²) >= 11 is 7.90. The number of anilines is 1. The van der Waals surface area contributed by atoms with E-state index in [4.69, 9.17) is 5.73 Å². The predicted molar refractivity (Wildman–Crippen MR) is 67.7 cm³/mol. The Morgan fingerprint density at radius 2 is 2.13 bits per heavy atom. The number of halogens is 1. The van der Waals surface area contributed by atoms with Crippen LogP contribution in [0.1, 0.15) is 0 Å². The third kappa shape index (κ3) is 3.44. The van der Waals surface area contributed by atoms with Crippen LogP contribution in [0.25, 0.3) is 0 Å². The number of hydrogen-bond acceptors (Lipinski definition) is 3. The number of nitrogens with two attached hydrogens (primary N) is 1. The van der Waals surface area contributed by atoms with Gasteiger partial charge in [-0.2, -0.15) is 0 Å². The van der Waals surface area contributed by atoms with Crippen LogP contribution in [0.5, 0.6) is 0 Å². The molecular formula is C8H9BrN2O2S2. The van der Waals surface area contributed by atoms with Crippen molar-refractivity contribution in [2.45, 2.75) is 4.90 Å². The summed E-state index contributed by atoms with van der Waals surface area (Å²) in [5, 5.41) is 2.85. The molecule has 0 amide bonds. The molecule has 0 spiro atoms.